The molecule has 0 radical (unpaired) electrons. The molecule has 0 bridgehead atoms. The zero-order valence-corrected chi connectivity index (χ0v) is 13.4. The number of benzene rings is 2. The van der Waals surface area contributed by atoms with E-state index in [1.54, 1.807) is 12.1 Å². The van der Waals surface area contributed by atoms with Gasteiger partial charge in [-0.05, 0) is 34.9 Å². The van der Waals surface area contributed by atoms with Gasteiger partial charge in [-0.25, -0.2) is 0 Å². The Morgan fingerprint density at radius 2 is 1.36 bits per heavy atom. The van der Waals surface area contributed by atoms with Crippen molar-refractivity contribution in [3.8, 4) is 23.3 Å². The van der Waals surface area contributed by atoms with Crippen LogP contribution in [-0.2, 0) is 0 Å². The van der Waals surface area contributed by atoms with Gasteiger partial charge in [0.25, 0.3) is 0 Å². The van der Waals surface area contributed by atoms with Crippen molar-refractivity contribution >= 4 is 18.2 Å². The zero-order valence-electron chi connectivity index (χ0n) is 13.4. The van der Waals surface area contributed by atoms with Crippen molar-refractivity contribution in [2.24, 2.45) is 0 Å². The highest BCUT2D eigenvalue weighted by molar-refractivity contribution is 5.71. The fourth-order valence-corrected chi connectivity index (χ4v) is 2.36. The summed E-state index contributed by atoms with van der Waals surface area (Å²) in [4.78, 5) is 0. The minimum atomic E-state index is 0.0152. The molecule has 3 rings (SSSR count). The van der Waals surface area contributed by atoms with E-state index in [4.69, 9.17) is 14.9 Å². The van der Waals surface area contributed by atoms with Gasteiger partial charge in [-0.1, -0.05) is 60.7 Å². The fourth-order valence-electron chi connectivity index (χ4n) is 2.36. The Kier molecular flexibility index (Phi) is 4.90. The van der Waals surface area contributed by atoms with Crippen LogP contribution in [0.2, 0.25) is 0 Å². The Balaban J connectivity index is 1.73. The van der Waals surface area contributed by atoms with Crippen molar-refractivity contribution in [2.45, 2.75) is 0 Å². The zero-order chi connectivity index (χ0) is 17.5. The van der Waals surface area contributed by atoms with Gasteiger partial charge in [-0.2, -0.15) is 10.5 Å². The number of rotatable bonds is 4. The molecule has 0 aliphatic carbocycles. The summed E-state index contributed by atoms with van der Waals surface area (Å²) in [6.07, 6.45) is 5.23. The molecule has 0 N–H and O–H groups in total. The van der Waals surface area contributed by atoms with Crippen molar-refractivity contribution < 1.29 is 4.42 Å². The smallest absolute Gasteiger partial charge is 0.133 e. The first-order valence-corrected chi connectivity index (χ1v) is 7.74. The average molecular weight is 322 g/mol. The van der Waals surface area contributed by atoms with Gasteiger partial charge in [0.15, 0.2) is 0 Å². The van der Waals surface area contributed by atoms with Crippen LogP contribution in [0.5, 0.6) is 0 Å². The van der Waals surface area contributed by atoms with E-state index in [1.807, 2.05) is 54.6 Å². The summed E-state index contributed by atoms with van der Waals surface area (Å²) >= 11 is 0. The first kappa shape index (κ1) is 16.1. The van der Waals surface area contributed by atoms with Gasteiger partial charge < -0.3 is 4.42 Å². The molecule has 2 aromatic carbocycles. The van der Waals surface area contributed by atoms with Gasteiger partial charge in [0.05, 0.1) is 0 Å². The number of hydrogen-bond acceptors (Lipinski definition) is 3. The third-order valence-electron chi connectivity index (χ3n) is 3.63. The SMILES string of the molecule is N#CC(C#N)=Cc1ccc(C=Cc2ccc(-c3ccccc3)cc2)o1. The molecule has 1 aromatic heterocycles. The van der Waals surface area contributed by atoms with Gasteiger partial charge in [0, 0.05) is 6.08 Å². The molecular formula is C22H14N2O. The highest BCUT2D eigenvalue weighted by Crippen LogP contribution is 2.20. The minimum Gasteiger partial charge on any atom is -0.457 e. The summed E-state index contributed by atoms with van der Waals surface area (Å²) < 4.78 is 5.57. The third kappa shape index (κ3) is 4.13. The Labute approximate surface area is 146 Å². The molecule has 0 fully saturated rings. The molecule has 118 valence electrons. The lowest BCUT2D eigenvalue weighted by molar-refractivity contribution is 0.547. The number of nitrogens with zero attached hydrogens (tertiary/aromatic N) is 2. The third-order valence-corrected chi connectivity index (χ3v) is 3.63. The molecule has 3 aromatic rings. The van der Waals surface area contributed by atoms with Crippen LogP contribution >= 0.6 is 0 Å². The van der Waals surface area contributed by atoms with Gasteiger partial charge in [0.1, 0.15) is 29.2 Å². The summed E-state index contributed by atoms with van der Waals surface area (Å²) in [5.41, 5.74) is 3.43. The Hall–Kier alpha value is -3.82. The monoisotopic (exact) mass is 322 g/mol. The molecule has 0 aliphatic heterocycles. The lowest BCUT2D eigenvalue weighted by Crippen LogP contribution is -1.77. The molecule has 0 amide bonds. The normalized spacial score (nSPS) is 10.2. The molecular weight excluding hydrogens is 308 g/mol. The molecule has 3 heteroatoms. The standard InChI is InChI=1S/C22H14N2O/c23-15-18(16-24)14-22-13-12-21(25-22)11-8-17-6-9-20(10-7-17)19-4-2-1-3-5-19/h1-14H. The molecule has 0 atom stereocenters. The van der Waals surface area contributed by atoms with Crippen LogP contribution in [0.25, 0.3) is 29.4 Å². The van der Waals surface area contributed by atoms with E-state index in [2.05, 4.69) is 24.3 Å². The summed E-state index contributed by atoms with van der Waals surface area (Å²) in [5, 5.41) is 17.5. The summed E-state index contributed by atoms with van der Waals surface area (Å²) in [6.45, 7) is 0. The van der Waals surface area contributed by atoms with E-state index in [9.17, 15) is 0 Å². The highest BCUT2D eigenvalue weighted by atomic mass is 16.3. The number of allylic oxidation sites excluding steroid dienone is 1. The van der Waals surface area contributed by atoms with E-state index in [0.29, 0.717) is 11.5 Å². The van der Waals surface area contributed by atoms with Gasteiger partial charge >= 0.3 is 0 Å². The predicted octanol–water partition coefficient (Wildman–Crippen LogP) is 5.55. The number of hydrogen-bond donors (Lipinski definition) is 0. The van der Waals surface area contributed by atoms with Crippen molar-refractivity contribution in [1.82, 2.24) is 0 Å². The molecule has 3 nitrogen and oxygen atoms in total. The number of nitriles is 2. The number of furan rings is 1. The van der Waals surface area contributed by atoms with Crippen LogP contribution in [0.4, 0.5) is 0 Å². The highest BCUT2D eigenvalue weighted by Gasteiger charge is 2.00. The average Bonchev–Trinajstić information content (AvgIpc) is 3.13. The van der Waals surface area contributed by atoms with Crippen LogP contribution < -0.4 is 0 Å². The summed E-state index contributed by atoms with van der Waals surface area (Å²) in [5.74, 6) is 1.14. The second kappa shape index (κ2) is 7.64. The molecule has 0 spiro atoms. The summed E-state index contributed by atoms with van der Waals surface area (Å²) in [7, 11) is 0. The van der Waals surface area contributed by atoms with Crippen LogP contribution in [0.1, 0.15) is 17.1 Å². The van der Waals surface area contributed by atoms with Crippen LogP contribution in [0.3, 0.4) is 0 Å². The maximum atomic E-state index is 8.75. The molecule has 0 aliphatic rings. The van der Waals surface area contributed by atoms with Gasteiger partial charge in [0.2, 0.25) is 0 Å². The topological polar surface area (TPSA) is 60.7 Å². The van der Waals surface area contributed by atoms with Crippen LogP contribution in [-0.4, -0.2) is 0 Å². The lowest BCUT2D eigenvalue weighted by Gasteiger charge is -2.01. The van der Waals surface area contributed by atoms with Gasteiger partial charge in [-0.3, -0.25) is 0 Å². The first-order valence-electron chi connectivity index (χ1n) is 7.74. The maximum absolute atomic E-state index is 8.75. The molecule has 0 unspecified atom stereocenters. The fraction of sp³-hybridized carbons (Fsp3) is 0. The first-order chi connectivity index (χ1) is 12.3. The van der Waals surface area contributed by atoms with E-state index in [-0.39, 0.29) is 5.57 Å². The van der Waals surface area contributed by atoms with Crippen LogP contribution in [0.15, 0.2) is 76.7 Å². The van der Waals surface area contributed by atoms with Gasteiger partial charge in [-0.15, -0.1) is 0 Å². The van der Waals surface area contributed by atoms with E-state index < -0.39 is 0 Å². The second-order valence-electron chi connectivity index (χ2n) is 5.34. The second-order valence-corrected chi connectivity index (χ2v) is 5.34. The Bertz CT molecular complexity index is 979. The lowest BCUT2D eigenvalue weighted by atomic mass is 10.0. The van der Waals surface area contributed by atoms with Crippen molar-refractivity contribution in [3.05, 3.63) is 89.4 Å². The molecule has 1 heterocycles. The Morgan fingerprint density at radius 3 is 2.04 bits per heavy atom. The van der Waals surface area contributed by atoms with Crippen molar-refractivity contribution in [2.75, 3.05) is 0 Å². The van der Waals surface area contributed by atoms with Crippen molar-refractivity contribution in [1.29, 1.82) is 10.5 Å². The van der Waals surface area contributed by atoms with Crippen molar-refractivity contribution in [3.63, 3.8) is 0 Å². The predicted molar refractivity (Wildman–Crippen MR) is 98.7 cm³/mol. The van der Waals surface area contributed by atoms with E-state index in [1.165, 1.54) is 17.2 Å². The largest absolute Gasteiger partial charge is 0.457 e. The molecule has 0 saturated heterocycles. The van der Waals surface area contributed by atoms with Crippen LogP contribution in [0, 0.1) is 22.7 Å². The molecule has 0 saturated carbocycles. The quantitative estimate of drug-likeness (QED) is 0.592. The minimum absolute atomic E-state index is 0.0152. The molecule has 25 heavy (non-hydrogen) atoms. The summed E-state index contributed by atoms with van der Waals surface area (Å²) in [6, 6.07) is 25.6. The maximum Gasteiger partial charge on any atom is 0.133 e. The van der Waals surface area contributed by atoms with E-state index in [0.717, 1.165) is 5.56 Å². The van der Waals surface area contributed by atoms with E-state index >= 15 is 0 Å². The Morgan fingerprint density at radius 1 is 0.720 bits per heavy atom.